The third kappa shape index (κ3) is 6.33. The summed E-state index contributed by atoms with van der Waals surface area (Å²) in [4.78, 5) is 22.4. The molecule has 1 amide bonds. The molecule has 0 radical (unpaired) electrons. The number of hydrogen-bond acceptors (Lipinski definition) is 6. The summed E-state index contributed by atoms with van der Waals surface area (Å²) in [6.45, 7) is 0.0715. The molecule has 0 aromatic heterocycles. The zero-order valence-corrected chi connectivity index (χ0v) is 17.4. The Bertz CT molecular complexity index is 1010. The largest absolute Gasteiger partial charge is 0.497 e. The van der Waals surface area contributed by atoms with Crippen LogP contribution in [0, 0.1) is 10.1 Å². The Kier molecular flexibility index (Phi) is 7.40. The van der Waals surface area contributed by atoms with Gasteiger partial charge in [-0.15, -0.1) is 0 Å². The van der Waals surface area contributed by atoms with Crippen LogP contribution in [0.3, 0.4) is 0 Å². The molecule has 0 bridgehead atoms. The molecule has 0 heterocycles. The van der Waals surface area contributed by atoms with Gasteiger partial charge in [0.15, 0.2) is 0 Å². The summed E-state index contributed by atoms with van der Waals surface area (Å²) in [7, 11) is -2.09. The van der Waals surface area contributed by atoms with Gasteiger partial charge in [0.05, 0.1) is 34.7 Å². The molecule has 0 spiro atoms. The summed E-state index contributed by atoms with van der Waals surface area (Å²) in [5.41, 5.74) is 0.346. The van der Waals surface area contributed by atoms with Gasteiger partial charge in [-0.1, -0.05) is 17.7 Å². The van der Waals surface area contributed by atoms with Gasteiger partial charge in [0.25, 0.3) is 5.69 Å². The van der Waals surface area contributed by atoms with Crippen molar-refractivity contribution in [1.29, 1.82) is 0 Å². The van der Waals surface area contributed by atoms with Crippen molar-refractivity contribution in [3.05, 3.63) is 57.6 Å². The van der Waals surface area contributed by atoms with Crippen LogP contribution >= 0.6 is 11.6 Å². The number of nitro groups is 1. The Balaban J connectivity index is 2.03. The number of non-ortho nitro benzene ring substituents is 1. The van der Waals surface area contributed by atoms with E-state index in [1.165, 1.54) is 29.6 Å². The molecule has 0 aliphatic heterocycles. The number of hydrogen-bond donors (Lipinski definition) is 1. The molecule has 0 unspecified atom stereocenters. The highest BCUT2D eigenvalue weighted by molar-refractivity contribution is 7.92. The third-order valence-electron chi connectivity index (χ3n) is 3.94. The van der Waals surface area contributed by atoms with E-state index in [1.807, 2.05) is 0 Å². The second kappa shape index (κ2) is 9.57. The average Bonchev–Trinajstić information content (AvgIpc) is 2.65. The average molecular weight is 442 g/mol. The first kappa shape index (κ1) is 22.4. The zero-order valence-electron chi connectivity index (χ0n) is 15.8. The number of amides is 1. The first-order chi connectivity index (χ1) is 13.6. The molecule has 2 aromatic rings. The minimum absolute atomic E-state index is 0.00495. The summed E-state index contributed by atoms with van der Waals surface area (Å²) in [5.74, 6) is 0.0701. The number of sulfonamides is 1. The van der Waals surface area contributed by atoms with Gasteiger partial charge in [-0.05, 0) is 24.6 Å². The predicted molar refractivity (Wildman–Crippen MR) is 111 cm³/mol. The van der Waals surface area contributed by atoms with Crippen molar-refractivity contribution < 1.29 is 22.9 Å². The quantitative estimate of drug-likeness (QED) is 0.470. The minimum atomic E-state index is -3.57. The molecule has 0 saturated heterocycles. The molecular formula is C18H20ClN3O6S. The number of nitro benzene ring substituents is 1. The molecule has 0 saturated carbocycles. The molecule has 156 valence electrons. The molecule has 11 heteroatoms. The number of halogens is 1. The van der Waals surface area contributed by atoms with E-state index in [4.69, 9.17) is 16.3 Å². The predicted octanol–water partition coefficient (Wildman–Crippen LogP) is 3.44. The highest BCUT2D eigenvalue weighted by atomic mass is 35.5. The minimum Gasteiger partial charge on any atom is -0.497 e. The second-order valence-corrected chi connectivity index (χ2v) is 8.42. The number of carbonyl (C=O) groups is 1. The number of anilines is 2. The van der Waals surface area contributed by atoms with Gasteiger partial charge in [-0.3, -0.25) is 19.2 Å². The third-order valence-corrected chi connectivity index (χ3v) is 5.47. The highest BCUT2D eigenvalue weighted by Crippen LogP contribution is 2.27. The number of methoxy groups -OCH3 is 1. The Morgan fingerprint density at radius 1 is 1.28 bits per heavy atom. The second-order valence-electron chi connectivity index (χ2n) is 6.11. The molecule has 2 rings (SSSR count). The van der Waals surface area contributed by atoms with Crippen molar-refractivity contribution in [3.8, 4) is 5.75 Å². The van der Waals surface area contributed by atoms with Crippen LogP contribution in [-0.4, -0.2) is 39.2 Å². The Morgan fingerprint density at radius 2 is 2.00 bits per heavy atom. The molecule has 0 fully saturated rings. The normalized spacial score (nSPS) is 11.0. The summed E-state index contributed by atoms with van der Waals surface area (Å²) >= 11 is 5.96. The smallest absolute Gasteiger partial charge is 0.271 e. The van der Waals surface area contributed by atoms with E-state index in [0.717, 1.165) is 6.26 Å². The van der Waals surface area contributed by atoms with Gasteiger partial charge in [0, 0.05) is 31.2 Å². The van der Waals surface area contributed by atoms with E-state index >= 15 is 0 Å². The standard InChI is InChI=1S/C18H20ClN3O6S/c1-28-15-6-3-5-13(11-15)21(29(2,26)27)10-4-7-18(23)20-17-12-14(22(24)25)8-9-16(17)19/h3,5-6,8-9,11-12H,4,7,10H2,1-2H3,(H,20,23). The van der Waals surface area contributed by atoms with Gasteiger partial charge in [-0.25, -0.2) is 8.42 Å². The number of ether oxygens (including phenoxy) is 1. The fourth-order valence-electron chi connectivity index (χ4n) is 2.57. The van der Waals surface area contributed by atoms with Crippen molar-refractivity contribution in [2.75, 3.05) is 29.5 Å². The first-order valence-electron chi connectivity index (χ1n) is 8.47. The maximum Gasteiger partial charge on any atom is 0.271 e. The van der Waals surface area contributed by atoms with Gasteiger partial charge in [0.1, 0.15) is 5.75 Å². The van der Waals surface area contributed by atoms with Crippen LogP contribution in [-0.2, 0) is 14.8 Å². The SMILES string of the molecule is COc1cccc(N(CCCC(=O)Nc2cc([N+](=O)[O-])ccc2Cl)S(C)(=O)=O)c1. The molecule has 0 atom stereocenters. The van der Waals surface area contributed by atoms with Crippen LogP contribution in [0.2, 0.25) is 5.02 Å². The fraction of sp³-hybridized carbons (Fsp3) is 0.278. The number of benzene rings is 2. The summed E-state index contributed by atoms with van der Waals surface area (Å²) in [6, 6.07) is 10.3. The van der Waals surface area contributed by atoms with Crippen molar-refractivity contribution >= 4 is 44.6 Å². The number of rotatable bonds is 9. The summed E-state index contributed by atoms with van der Waals surface area (Å²) in [5, 5.41) is 13.5. The van der Waals surface area contributed by atoms with Crippen LogP contribution < -0.4 is 14.4 Å². The summed E-state index contributed by atoms with van der Waals surface area (Å²) in [6.07, 6.45) is 1.30. The maximum atomic E-state index is 12.2. The van der Waals surface area contributed by atoms with E-state index in [2.05, 4.69) is 5.32 Å². The first-order valence-corrected chi connectivity index (χ1v) is 10.7. The van der Waals surface area contributed by atoms with Crippen LogP contribution in [0.5, 0.6) is 5.75 Å². The Morgan fingerprint density at radius 3 is 2.62 bits per heavy atom. The molecule has 0 aliphatic rings. The van der Waals surface area contributed by atoms with E-state index in [1.54, 1.807) is 24.3 Å². The number of nitrogens with zero attached hydrogens (tertiary/aromatic N) is 2. The lowest BCUT2D eigenvalue weighted by Crippen LogP contribution is -2.31. The van der Waals surface area contributed by atoms with E-state index in [9.17, 15) is 23.3 Å². The Hall–Kier alpha value is -2.85. The van der Waals surface area contributed by atoms with E-state index in [-0.39, 0.29) is 35.8 Å². The molecule has 29 heavy (non-hydrogen) atoms. The van der Waals surface area contributed by atoms with Gasteiger partial charge < -0.3 is 10.1 Å². The topological polar surface area (TPSA) is 119 Å². The van der Waals surface area contributed by atoms with E-state index in [0.29, 0.717) is 11.4 Å². The fourth-order valence-corrected chi connectivity index (χ4v) is 3.69. The maximum absolute atomic E-state index is 12.2. The van der Waals surface area contributed by atoms with E-state index < -0.39 is 20.9 Å². The highest BCUT2D eigenvalue weighted by Gasteiger charge is 2.18. The van der Waals surface area contributed by atoms with Gasteiger partial charge >= 0.3 is 0 Å². The lowest BCUT2D eigenvalue weighted by atomic mass is 10.2. The number of nitrogens with one attached hydrogen (secondary N) is 1. The summed E-state index contributed by atoms with van der Waals surface area (Å²) < 4.78 is 30.6. The molecular weight excluding hydrogens is 422 g/mol. The molecule has 2 aromatic carbocycles. The zero-order chi connectivity index (χ0) is 21.6. The van der Waals surface area contributed by atoms with Crippen molar-refractivity contribution in [3.63, 3.8) is 0 Å². The molecule has 9 nitrogen and oxygen atoms in total. The lowest BCUT2D eigenvalue weighted by molar-refractivity contribution is -0.384. The lowest BCUT2D eigenvalue weighted by Gasteiger charge is -2.22. The van der Waals surface area contributed by atoms with Gasteiger partial charge in [0.2, 0.25) is 15.9 Å². The van der Waals surface area contributed by atoms with Crippen molar-refractivity contribution in [2.45, 2.75) is 12.8 Å². The number of carbonyl (C=O) groups excluding carboxylic acids is 1. The van der Waals surface area contributed by atoms with Crippen molar-refractivity contribution in [1.82, 2.24) is 0 Å². The van der Waals surface area contributed by atoms with Crippen LogP contribution in [0.1, 0.15) is 12.8 Å². The van der Waals surface area contributed by atoms with Crippen molar-refractivity contribution in [2.24, 2.45) is 0 Å². The monoisotopic (exact) mass is 441 g/mol. The van der Waals surface area contributed by atoms with Crippen LogP contribution in [0.15, 0.2) is 42.5 Å². The van der Waals surface area contributed by atoms with Gasteiger partial charge in [-0.2, -0.15) is 0 Å². The Labute approximate surface area is 173 Å². The molecule has 0 aliphatic carbocycles. The van der Waals surface area contributed by atoms with Crippen LogP contribution in [0.25, 0.3) is 0 Å². The van der Waals surface area contributed by atoms with Crippen LogP contribution in [0.4, 0.5) is 17.1 Å². The molecule has 1 N–H and O–H groups in total.